The molecule has 2 rings (SSSR count). The Morgan fingerprint density at radius 2 is 2.07 bits per heavy atom. The fraction of sp³-hybridized carbons (Fsp3) is 0.400. The third kappa shape index (κ3) is 2.49. The maximum Gasteiger partial charge on any atom is 0.147 e. The Labute approximate surface area is 102 Å². The summed E-state index contributed by atoms with van der Waals surface area (Å²) in [6.07, 6.45) is 2.90. The van der Waals surface area contributed by atoms with Gasteiger partial charge in [0.25, 0.3) is 0 Å². The smallest absolute Gasteiger partial charge is 0.147 e. The Kier molecular flexibility index (Phi) is 3.26. The minimum absolute atomic E-state index is 0.319. The van der Waals surface area contributed by atoms with E-state index in [9.17, 15) is 4.79 Å². The van der Waals surface area contributed by atoms with Crippen molar-refractivity contribution in [1.82, 2.24) is 4.98 Å². The van der Waals surface area contributed by atoms with E-state index in [4.69, 9.17) is 11.6 Å². The molecule has 0 unspecified atom stereocenters. The zero-order chi connectivity index (χ0) is 10.8. The molecule has 3 nitrogen and oxygen atoms in total. The first kappa shape index (κ1) is 10.9. The highest BCUT2D eigenvalue weighted by molar-refractivity contribution is 9.10. The summed E-state index contributed by atoms with van der Waals surface area (Å²) in [5.74, 6) is 1.09. The van der Waals surface area contributed by atoms with Crippen molar-refractivity contribution in [2.75, 3.05) is 18.0 Å². The van der Waals surface area contributed by atoms with Crippen LogP contribution in [0.25, 0.3) is 0 Å². The summed E-state index contributed by atoms with van der Waals surface area (Å²) in [7, 11) is 0. The van der Waals surface area contributed by atoms with Crippen molar-refractivity contribution >= 4 is 39.1 Å². The topological polar surface area (TPSA) is 33.2 Å². The molecule has 1 aromatic rings. The highest BCUT2D eigenvalue weighted by Crippen LogP contribution is 2.27. The van der Waals surface area contributed by atoms with Crippen LogP contribution >= 0.6 is 27.5 Å². The van der Waals surface area contributed by atoms with E-state index < -0.39 is 0 Å². The number of hydrogen-bond acceptors (Lipinski definition) is 3. The van der Waals surface area contributed by atoms with Crippen LogP contribution < -0.4 is 4.90 Å². The molecule has 1 fully saturated rings. The molecule has 15 heavy (non-hydrogen) atoms. The predicted molar refractivity (Wildman–Crippen MR) is 63.4 cm³/mol. The van der Waals surface area contributed by atoms with Crippen molar-refractivity contribution in [2.45, 2.75) is 12.8 Å². The van der Waals surface area contributed by atoms with Crippen LogP contribution in [0.1, 0.15) is 12.8 Å². The van der Waals surface area contributed by atoms with E-state index in [1.54, 1.807) is 6.20 Å². The minimum atomic E-state index is 0.319. The molecule has 0 radical (unpaired) electrons. The zero-order valence-corrected chi connectivity index (χ0v) is 10.4. The highest BCUT2D eigenvalue weighted by Gasteiger charge is 2.19. The maximum atomic E-state index is 11.1. The van der Waals surface area contributed by atoms with E-state index in [2.05, 4.69) is 25.8 Å². The average molecular weight is 290 g/mol. The van der Waals surface area contributed by atoms with E-state index >= 15 is 0 Å². The first-order valence-corrected chi connectivity index (χ1v) is 5.91. The van der Waals surface area contributed by atoms with Crippen molar-refractivity contribution < 1.29 is 4.79 Å². The van der Waals surface area contributed by atoms with Gasteiger partial charge in [0.15, 0.2) is 0 Å². The number of pyridine rings is 1. The Morgan fingerprint density at radius 3 is 2.67 bits per heavy atom. The largest absolute Gasteiger partial charge is 0.355 e. The Morgan fingerprint density at radius 1 is 1.40 bits per heavy atom. The van der Waals surface area contributed by atoms with Crippen LogP contribution in [-0.2, 0) is 4.79 Å². The molecular formula is C10H10BrClN2O. The number of aromatic nitrogens is 1. The minimum Gasteiger partial charge on any atom is -0.355 e. The number of anilines is 1. The molecule has 0 bridgehead atoms. The van der Waals surface area contributed by atoms with E-state index in [-0.39, 0.29) is 0 Å². The molecule has 5 heteroatoms. The van der Waals surface area contributed by atoms with Gasteiger partial charge in [-0.25, -0.2) is 4.98 Å². The van der Waals surface area contributed by atoms with E-state index in [0.29, 0.717) is 36.7 Å². The zero-order valence-electron chi connectivity index (χ0n) is 8.04. The third-order valence-corrected chi connectivity index (χ3v) is 3.12. The van der Waals surface area contributed by atoms with Gasteiger partial charge < -0.3 is 4.90 Å². The Bertz CT molecular complexity index is 387. The fourth-order valence-electron chi connectivity index (χ4n) is 1.61. The van der Waals surface area contributed by atoms with Gasteiger partial charge in [-0.05, 0) is 22.0 Å². The van der Waals surface area contributed by atoms with Gasteiger partial charge in [0.2, 0.25) is 0 Å². The third-order valence-electron chi connectivity index (χ3n) is 2.41. The molecule has 1 aliphatic heterocycles. The van der Waals surface area contributed by atoms with Crippen LogP contribution in [0.2, 0.25) is 5.02 Å². The van der Waals surface area contributed by atoms with Gasteiger partial charge in [-0.15, -0.1) is 0 Å². The molecule has 0 aromatic carbocycles. The summed E-state index contributed by atoms with van der Waals surface area (Å²) < 4.78 is 0.865. The first-order valence-electron chi connectivity index (χ1n) is 4.74. The van der Waals surface area contributed by atoms with Gasteiger partial charge in [-0.1, -0.05) is 11.6 Å². The number of carbonyl (C=O) groups excluding carboxylic acids is 1. The number of nitrogens with zero attached hydrogens (tertiary/aromatic N) is 2. The lowest BCUT2D eigenvalue weighted by molar-refractivity contribution is -0.119. The summed E-state index contributed by atoms with van der Waals surface area (Å²) >= 11 is 9.39. The van der Waals surface area contributed by atoms with Crippen LogP contribution in [0, 0.1) is 0 Å². The molecule has 0 amide bonds. The van der Waals surface area contributed by atoms with E-state index in [1.165, 1.54) is 0 Å². The predicted octanol–water partition coefficient (Wildman–Crippen LogP) is 2.67. The van der Waals surface area contributed by atoms with Crippen molar-refractivity contribution in [1.29, 1.82) is 0 Å². The van der Waals surface area contributed by atoms with Crippen molar-refractivity contribution in [2.24, 2.45) is 0 Å². The van der Waals surface area contributed by atoms with Gasteiger partial charge in [0.05, 0.1) is 5.02 Å². The second-order valence-electron chi connectivity index (χ2n) is 3.48. The average Bonchev–Trinajstić information content (AvgIpc) is 2.20. The van der Waals surface area contributed by atoms with E-state index in [1.807, 2.05) is 6.07 Å². The van der Waals surface area contributed by atoms with Crippen molar-refractivity contribution in [3.63, 3.8) is 0 Å². The molecule has 0 N–H and O–H groups in total. The Balaban J connectivity index is 2.19. The number of hydrogen-bond donors (Lipinski definition) is 0. The molecule has 0 spiro atoms. The molecule has 1 aromatic heterocycles. The molecule has 0 aliphatic carbocycles. The van der Waals surface area contributed by atoms with Gasteiger partial charge in [0, 0.05) is 36.6 Å². The molecule has 80 valence electrons. The second kappa shape index (κ2) is 4.49. The van der Waals surface area contributed by atoms with Gasteiger partial charge in [-0.2, -0.15) is 0 Å². The molecule has 0 saturated carbocycles. The molecule has 2 heterocycles. The van der Waals surface area contributed by atoms with Gasteiger partial charge >= 0.3 is 0 Å². The monoisotopic (exact) mass is 288 g/mol. The van der Waals surface area contributed by atoms with Crippen LogP contribution in [-0.4, -0.2) is 23.9 Å². The van der Waals surface area contributed by atoms with Gasteiger partial charge in [-0.3, -0.25) is 4.79 Å². The molecule has 1 saturated heterocycles. The number of Topliss-reactive ketones (excluding diaryl/α,β-unsaturated/α-hetero) is 1. The lowest BCUT2D eigenvalue weighted by Gasteiger charge is -2.27. The number of halogens is 2. The second-order valence-corrected chi connectivity index (χ2v) is 4.81. The summed E-state index contributed by atoms with van der Waals surface area (Å²) in [6, 6.07) is 1.82. The SMILES string of the molecule is O=C1CCN(c2ncc(Br)cc2Cl)CC1. The lowest BCUT2D eigenvalue weighted by atomic mass is 10.1. The quantitative estimate of drug-likeness (QED) is 0.797. The van der Waals surface area contributed by atoms with Crippen LogP contribution in [0.5, 0.6) is 0 Å². The lowest BCUT2D eigenvalue weighted by Crippen LogP contribution is -2.34. The number of rotatable bonds is 1. The summed E-state index contributed by atoms with van der Waals surface area (Å²) in [6.45, 7) is 1.43. The summed E-state index contributed by atoms with van der Waals surface area (Å²) in [4.78, 5) is 17.4. The van der Waals surface area contributed by atoms with Crippen LogP contribution in [0.3, 0.4) is 0 Å². The van der Waals surface area contributed by atoms with Crippen LogP contribution in [0.4, 0.5) is 5.82 Å². The first-order chi connectivity index (χ1) is 7.16. The fourth-order valence-corrected chi connectivity index (χ4v) is 2.36. The van der Waals surface area contributed by atoms with E-state index in [0.717, 1.165) is 10.3 Å². The highest BCUT2D eigenvalue weighted by atomic mass is 79.9. The Hall–Kier alpha value is -0.610. The normalized spacial score (nSPS) is 16.9. The number of piperidine rings is 1. The number of ketones is 1. The van der Waals surface area contributed by atoms with Crippen molar-refractivity contribution in [3.05, 3.63) is 21.8 Å². The molecule has 1 aliphatic rings. The molecular weight excluding hydrogens is 279 g/mol. The summed E-state index contributed by atoms with van der Waals surface area (Å²) in [5, 5.41) is 0.624. The maximum absolute atomic E-state index is 11.1. The van der Waals surface area contributed by atoms with Crippen molar-refractivity contribution in [3.8, 4) is 0 Å². The molecule has 0 atom stereocenters. The number of carbonyl (C=O) groups is 1. The standard InChI is InChI=1S/C10H10BrClN2O/c11-7-5-9(12)10(13-6-7)14-3-1-8(15)2-4-14/h5-6H,1-4H2. The summed E-state index contributed by atoms with van der Waals surface area (Å²) in [5.41, 5.74) is 0. The van der Waals surface area contributed by atoms with Crippen LogP contribution in [0.15, 0.2) is 16.7 Å². The van der Waals surface area contributed by atoms with Gasteiger partial charge in [0.1, 0.15) is 11.6 Å².